The number of aliphatic imine (C=N–C) groups is 1. The van der Waals surface area contributed by atoms with Crippen molar-refractivity contribution in [3.63, 3.8) is 0 Å². The number of aromatic nitrogens is 1. The molecule has 2 aliphatic rings. The topological polar surface area (TPSA) is 68.6 Å². The molecule has 0 spiro atoms. The molecule has 0 aromatic carbocycles. The number of esters is 1. The Bertz CT molecular complexity index is 719. The number of hydrogen-bond acceptors (Lipinski definition) is 5. The summed E-state index contributed by atoms with van der Waals surface area (Å²) in [6.07, 6.45) is 5.36. The summed E-state index contributed by atoms with van der Waals surface area (Å²) in [7, 11) is 0. The Labute approximate surface area is 141 Å². The lowest BCUT2D eigenvalue weighted by atomic mass is 9.70. The van der Waals surface area contributed by atoms with Crippen molar-refractivity contribution in [3.05, 3.63) is 41.4 Å². The second-order valence-electron chi connectivity index (χ2n) is 6.62. The standard InChI is InChI=1S/C19H22N2O3/c1-11(2)24-19(23)16-12(3)21-14-7-4-8-15(22)18(14)17(16)13-6-5-9-20-10-13/h5-6,9-11,17-18H,4,7-8H2,1-3H3. The summed E-state index contributed by atoms with van der Waals surface area (Å²) in [4.78, 5) is 34.1. The Hall–Kier alpha value is -2.30. The number of allylic oxidation sites excluding steroid dienone is 1. The highest BCUT2D eigenvalue weighted by molar-refractivity contribution is 6.11. The first-order valence-electron chi connectivity index (χ1n) is 8.41. The molecule has 0 N–H and O–H groups in total. The molecular weight excluding hydrogens is 304 g/mol. The number of ether oxygens (including phenoxy) is 1. The molecule has 1 aromatic rings. The molecule has 3 rings (SSSR count). The van der Waals surface area contributed by atoms with Gasteiger partial charge in [-0.3, -0.25) is 14.8 Å². The second kappa shape index (κ2) is 6.67. The van der Waals surface area contributed by atoms with E-state index >= 15 is 0 Å². The summed E-state index contributed by atoms with van der Waals surface area (Å²) in [5.74, 6) is -0.972. The summed E-state index contributed by atoms with van der Waals surface area (Å²) in [6.45, 7) is 5.45. The van der Waals surface area contributed by atoms with Gasteiger partial charge in [-0.25, -0.2) is 4.79 Å². The molecule has 126 valence electrons. The molecule has 1 aliphatic heterocycles. The maximum atomic E-state index is 12.7. The average molecular weight is 326 g/mol. The molecule has 0 bridgehead atoms. The van der Waals surface area contributed by atoms with Gasteiger partial charge in [0.05, 0.1) is 17.6 Å². The predicted molar refractivity (Wildman–Crippen MR) is 90.7 cm³/mol. The van der Waals surface area contributed by atoms with Gasteiger partial charge in [0, 0.05) is 36.1 Å². The zero-order valence-electron chi connectivity index (χ0n) is 14.3. The lowest BCUT2D eigenvalue weighted by molar-refractivity contribution is -0.143. The van der Waals surface area contributed by atoms with Crippen molar-refractivity contribution in [2.45, 2.75) is 52.1 Å². The fourth-order valence-corrected chi connectivity index (χ4v) is 3.58. The maximum absolute atomic E-state index is 12.7. The van der Waals surface area contributed by atoms with Crippen LogP contribution in [0.4, 0.5) is 0 Å². The monoisotopic (exact) mass is 326 g/mol. The summed E-state index contributed by atoms with van der Waals surface area (Å²) in [5, 5.41) is 0. The van der Waals surface area contributed by atoms with Crippen LogP contribution in [0.25, 0.3) is 0 Å². The number of fused-ring (bicyclic) bond motifs is 1. The maximum Gasteiger partial charge on any atom is 0.336 e. The lowest BCUT2D eigenvalue weighted by Crippen LogP contribution is -2.39. The molecule has 0 radical (unpaired) electrons. The molecule has 5 heteroatoms. The molecule has 24 heavy (non-hydrogen) atoms. The van der Waals surface area contributed by atoms with Crippen molar-refractivity contribution in [2.75, 3.05) is 0 Å². The third kappa shape index (κ3) is 3.03. The van der Waals surface area contributed by atoms with Crippen LogP contribution < -0.4 is 0 Å². The van der Waals surface area contributed by atoms with Crippen LogP contribution in [0.15, 0.2) is 40.8 Å². The van der Waals surface area contributed by atoms with Crippen LogP contribution in [0.1, 0.15) is 51.5 Å². The van der Waals surface area contributed by atoms with E-state index in [4.69, 9.17) is 4.74 Å². The van der Waals surface area contributed by atoms with Crippen molar-refractivity contribution in [3.8, 4) is 0 Å². The summed E-state index contributed by atoms with van der Waals surface area (Å²) in [5.41, 5.74) is 2.88. The van der Waals surface area contributed by atoms with E-state index in [1.54, 1.807) is 12.4 Å². The van der Waals surface area contributed by atoms with E-state index in [0.29, 0.717) is 17.7 Å². The van der Waals surface area contributed by atoms with Gasteiger partial charge in [-0.2, -0.15) is 0 Å². The Morgan fingerprint density at radius 1 is 1.29 bits per heavy atom. The minimum atomic E-state index is -0.391. The fourth-order valence-electron chi connectivity index (χ4n) is 3.58. The van der Waals surface area contributed by atoms with Crippen LogP contribution in [0.3, 0.4) is 0 Å². The largest absolute Gasteiger partial charge is 0.460 e. The highest BCUT2D eigenvalue weighted by Crippen LogP contribution is 2.42. The molecule has 2 atom stereocenters. The van der Waals surface area contributed by atoms with Gasteiger partial charge >= 0.3 is 5.97 Å². The van der Waals surface area contributed by atoms with Crippen molar-refractivity contribution in [1.29, 1.82) is 0 Å². The highest BCUT2D eigenvalue weighted by atomic mass is 16.5. The Morgan fingerprint density at radius 2 is 2.08 bits per heavy atom. The van der Waals surface area contributed by atoms with E-state index in [1.165, 1.54) is 0 Å². The SMILES string of the molecule is CC1=C(C(=O)OC(C)C)C(c2cccnc2)C2C(=O)CCCC2=N1. The van der Waals surface area contributed by atoms with E-state index in [2.05, 4.69) is 9.98 Å². The summed E-state index contributed by atoms with van der Waals surface area (Å²) in [6, 6.07) is 3.74. The van der Waals surface area contributed by atoms with E-state index in [0.717, 1.165) is 24.1 Å². The van der Waals surface area contributed by atoms with Gasteiger partial charge in [0.25, 0.3) is 0 Å². The molecule has 2 heterocycles. The van der Waals surface area contributed by atoms with Crippen molar-refractivity contribution >= 4 is 17.5 Å². The average Bonchev–Trinajstić information content (AvgIpc) is 2.53. The molecule has 1 aromatic heterocycles. The molecule has 0 saturated heterocycles. The zero-order chi connectivity index (χ0) is 17.3. The van der Waals surface area contributed by atoms with Gasteiger partial charge in [0.1, 0.15) is 5.78 Å². The summed E-state index contributed by atoms with van der Waals surface area (Å²) >= 11 is 0. The number of carbonyl (C=O) groups is 2. The Balaban J connectivity index is 2.12. The number of carbonyl (C=O) groups excluding carboxylic acids is 2. The van der Waals surface area contributed by atoms with Crippen LogP contribution >= 0.6 is 0 Å². The van der Waals surface area contributed by atoms with E-state index in [1.807, 2.05) is 32.9 Å². The van der Waals surface area contributed by atoms with Gasteiger partial charge in [0.15, 0.2) is 0 Å². The van der Waals surface area contributed by atoms with Crippen molar-refractivity contribution in [2.24, 2.45) is 10.9 Å². The molecule has 2 unspecified atom stereocenters. The zero-order valence-corrected chi connectivity index (χ0v) is 14.3. The van der Waals surface area contributed by atoms with Crippen LogP contribution in [0, 0.1) is 5.92 Å². The van der Waals surface area contributed by atoms with Gasteiger partial charge in [-0.15, -0.1) is 0 Å². The van der Waals surface area contributed by atoms with E-state index in [9.17, 15) is 9.59 Å². The predicted octanol–water partition coefficient (Wildman–Crippen LogP) is 3.21. The number of Topliss-reactive ketones (excluding diaryl/α,β-unsaturated/α-hetero) is 1. The number of pyridine rings is 1. The molecule has 1 aliphatic carbocycles. The minimum absolute atomic E-state index is 0.149. The third-order valence-electron chi connectivity index (χ3n) is 4.51. The van der Waals surface area contributed by atoms with E-state index < -0.39 is 5.97 Å². The highest BCUT2D eigenvalue weighted by Gasteiger charge is 2.43. The van der Waals surface area contributed by atoms with Gasteiger partial charge in [-0.1, -0.05) is 6.07 Å². The molecular formula is C19H22N2O3. The fraction of sp³-hybridized carbons (Fsp3) is 0.474. The summed E-state index contributed by atoms with van der Waals surface area (Å²) < 4.78 is 5.43. The third-order valence-corrected chi connectivity index (χ3v) is 4.51. The van der Waals surface area contributed by atoms with Crippen LogP contribution in [0.2, 0.25) is 0 Å². The molecule has 1 saturated carbocycles. The van der Waals surface area contributed by atoms with Crippen molar-refractivity contribution in [1.82, 2.24) is 4.98 Å². The number of rotatable bonds is 3. The molecule has 1 fully saturated rings. The molecule has 0 amide bonds. The van der Waals surface area contributed by atoms with Gasteiger partial charge in [0.2, 0.25) is 0 Å². The normalized spacial score (nSPS) is 23.8. The Kier molecular flexibility index (Phi) is 4.60. The van der Waals surface area contributed by atoms with Crippen LogP contribution in [0.5, 0.6) is 0 Å². The number of ketones is 1. The smallest absolute Gasteiger partial charge is 0.336 e. The number of nitrogens with zero attached hydrogens (tertiary/aromatic N) is 2. The second-order valence-corrected chi connectivity index (χ2v) is 6.62. The first-order valence-corrected chi connectivity index (χ1v) is 8.41. The van der Waals surface area contributed by atoms with Crippen LogP contribution in [-0.2, 0) is 14.3 Å². The Morgan fingerprint density at radius 3 is 2.75 bits per heavy atom. The van der Waals surface area contributed by atoms with Gasteiger partial charge < -0.3 is 4.74 Å². The minimum Gasteiger partial charge on any atom is -0.460 e. The quantitative estimate of drug-likeness (QED) is 0.800. The number of hydrogen-bond donors (Lipinski definition) is 0. The van der Waals surface area contributed by atoms with E-state index in [-0.39, 0.29) is 23.7 Å². The van der Waals surface area contributed by atoms with Crippen LogP contribution in [-0.4, -0.2) is 28.6 Å². The first kappa shape index (κ1) is 16.6. The molecule has 5 nitrogen and oxygen atoms in total. The lowest BCUT2D eigenvalue weighted by Gasteiger charge is -2.35. The van der Waals surface area contributed by atoms with Crippen molar-refractivity contribution < 1.29 is 14.3 Å². The first-order chi connectivity index (χ1) is 11.5. The van der Waals surface area contributed by atoms with Gasteiger partial charge in [-0.05, 0) is 45.2 Å².